The summed E-state index contributed by atoms with van der Waals surface area (Å²) in [4.78, 5) is 0. The number of benzene rings is 2. The lowest BCUT2D eigenvalue weighted by Gasteiger charge is -2.30. The van der Waals surface area contributed by atoms with Crippen molar-refractivity contribution in [3.8, 4) is 5.75 Å². The van der Waals surface area contributed by atoms with Crippen LogP contribution in [0.25, 0.3) is 0 Å². The molecule has 0 aliphatic carbocycles. The number of nitrogens with one attached hydrogen (secondary N) is 2. The van der Waals surface area contributed by atoms with E-state index in [1.165, 1.54) is 0 Å². The molecule has 1 heterocycles. The van der Waals surface area contributed by atoms with Crippen LogP contribution in [0, 0.1) is 5.21 Å². The summed E-state index contributed by atoms with van der Waals surface area (Å²) in [7, 11) is 1.59. The second-order valence-electron chi connectivity index (χ2n) is 4.06. The molecular weight excluding hydrogens is 296 g/mol. The van der Waals surface area contributed by atoms with Gasteiger partial charge < -0.3 is 20.3 Å². The van der Waals surface area contributed by atoms with Crippen molar-refractivity contribution in [3.05, 3.63) is 46.1 Å². The van der Waals surface area contributed by atoms with Gasteiger partial charge in [-0.05, 0) is 24.3 Å². The average molecular weight is 307 g/mol. The van der Waals surface area contributed by atoms with Crippen molar-refractivity contribution in [1.29, 1.82) is 0 Å². The minimum absolute atomic E-state index is 0.0187. The Morgan fingerprint density at radius 2 is 1.94 bits per heavy atom. The first-order chi connectivity index (χ1) is 8.69. The summed E-state index contributed by atoms with van der Waals surface area (Å²) >= 11 is 3.40. The molecule has 0 saturated carbocycles. The zero-order chi connectivity index (χ0) is 12.7. The largest absolute Gasteiger partial charge is 0.623 e. The highest BCUT2D eigenvalue weighted by molar-refractivity contribution is 9.10. The van der Waals surface area contributed by atoms with Gasteiger partial charge in [-0.1, -0.05) is 15.9 Å². The maximum atomic E-state index is 12.4. The molecule has 1 atom stereocenters. The fourth-order valence-corrected chi connectivity index (χ4v) is 2.42. The molecule has 1 aliphatic heterocycles. The van der Waals surface area contributed by atoms with Gasteiger partial charge in [0.25, 0.3) is 0 Å². The Labute approximate surface area is 113 Å². The topological polar surface area (TPSA) is 48.8 Å². The minimum Gasteiger partial charge on any atom is -0.623 e. The van der Waals surface area contributed by atoms with Gasteiger partial charge in [0.1, 0.15) is 17.1 Å². The number of hydrogen-bond donors (Lipinski definition) is 2. The third kappa shape index (κ3) is 1.77. The molecule has 5 heteroatoms. The SMILES string of the molecule is COc1ccc2c(c1)[NH+]([O-])c1ccc(Br)cc1N2. The number of quaternary nitrogens is 1. The lowest BCUT2D eigenvalue weighted by molar-refractivity contribution is -0.697. The van der Waals surface area contributed by atoms with E-state index >= 15 is 0 Å². The van der Waals surface area contributed by atoms with Crippen molar-refractivity contribution in [3.63, 3.8) is 0 Å². The van der Waals surface area contributed by atoms with Gasteiger partial charge in [-0.15, -0.1) is 0 Å². The summed E-state index contributed by atoms with van der Waals surface area (Å²) < 4.78 is 6.09. The van der Waals surface area contributed by atoms with Crippen molar-refractivity contribution >= 4 is 38.7 Å². The minimum atomic E-state index is 0.0187. The van der Waals surface area contributed by atoms with Gasteiger partial charge in [0.2, 0.25) is 0 Å². The van der Waals surface area contributed by atoms with Crippen LogP contribution in [-0.4, -0.2) is 7.11 Å². The molecule has 18 heavy (non-hydrogen) atoms. The average Bonchev–Trinajstić information content (AvgIpc) is 2.38. The lowest BCUT2D eigenvalue weighted by atomic mass is 10.1. The zero-order valence-electron chi connectivity index (χ0n) is 9.66. The highest BCUT2D eigenvalue weighted by atomic mass is 79.9. The maximum absolute atomic E-state index is 12.4. The van der Waals surface area contributed by atoms with E-state index in [1.807, 2.05) is 30.3 Å². The van der Waals surface area contributed by atoms with E-state index in [1.54, 1.807) is 13.2 Å². The second kappa shape index (κ2) is 4.28. The van der Waals surface area contributed by atoms with Gasteiger partial charge in [0, 0.05) is 16.6 Å². The fourth-order valence-electron chi connectivity index (χ4n) is 2.06. The molecule has 1 unspecified atom stereocenters. The number of rotatable bonds is 1. The first kappa shape index (κ1) is 11.5. The molecule has 0 spiro atoms. The van der Waals surface area contributed by atoms with Gasteiger partial charge in [0.05, 0.1) is 7.11 Å². The maximum Gasteiger partial charge on any atom is 0.163 e. The van der Waals surface area contributed by atoms with Crippen LogP contribution in [0.3, 0.4) is 0 Å². The van der Waals surface area contributed by atoms with Crippen LogP contribution in [-0.2, 0) is 0 Å². The van der Waals surface area contributed by atoms with E-state index in [9.17, 15) is 5.21 Å². The van der Waals surface area contributed by atoms with Crippen LogP contribution in [0.1, 0.15) is 0 Å². The first-order valence-corrected chi connectivity index (χ1v) is 6.27. The van der Waals surface area contributed by atoms with Crippen LogP contribution >= 0.6 is 15.9 Å². The molecule has 0 saturated heterocycles. The number of ether oxygens (including phenoxy) is 1. The van der Waals surface area contributed by atoms with Gasteiger partial charge in [-0.2, -0.15) is 0 Å². The van der Waals surface area contributed by atoms with E-state index in [4.69, 9.17) is 4.74 Å². The van der Waals surface area contributed by atoms with Crippen molar-refractivity contribution in [2.24, 2.45) is 0 Å². The molecule has 0 aromatic heterocycles. The predicted molar refractivity (Wildman–Crippen MR) is 74.1 cm³/mol. The van der Waals surface area contributed by atoms with Gasteiger partial charge in [-0.25, -0.2) is 0 Å². The summed E-state index contributed by atoms with van der Waals surface area (Å²) in [5, 5.41) is 15.7. The monoisotopic (exact) mass is 306 g/mol. The lowest BCUT2D eigenvalue weighted by Crippen LogP contribution is -2.97. The number of fused-ring (bicyclic) bond motifs is 2. The zero-order valence-corrected chi connectivity index (χ0v) is 11.2. The molecule has 2 N–H and O–H groups in total. The Hall–Kier alpha value is -1.56. The molecule has 4 nitrogen and oxygen atoms in total. The summed E-state index contributed by atoms with van der Waals surface area (Å²) in [6.45, 7) is 0. The molecule has 2 aromatic carbocycles. The Morgan fingerprint density at radius 3 is 2.72 bits per heavy atom. The van der Waals surface area contributed by atoms with Crippen molar-refractivity contribution in [2.75, 3.05) is 12.4 Å². The van der Waals surface area contributed by atoms with Crippen LogP contribution in [0.15, 0.2) is 40.9 Å². The summed E-state index contributed by atoms with van der Waals surface area (Å²) in [6, 6.07) is 11.0. The van der Waals surface area contributed by atoms with Crippen molar-refractivity contribution < 1.29 is 9.80 Å². The van der Waals surface area contributed by atoms with E-state index in [0.29, 0.717) is 17.1 Å². The normalized spacial score (nSPS) is 16.5. The van der Waals surface area contributed by atoms with Crippen LogP contribution < -0.4 is 15.1 Å². The second-order valence-corrected chi connectivity index (χ2v) is 4.97. The molecular formula is C13H11BrN2O2. The van der Waals surface area contributed by atoms with E-state index in [0.717, 1.165) is 15.8 Å². The highest BCUT2D eigenvalue weighted by Crippen LogP contribution is 2.36. The number of anilines is 2. The smallest absolute Gasteiger partial charge is 0.163 e. The Kier molecular flexibility index (Phi) is 2.74. The summed E-state index contributed by atoms with van der Waals surface area (Å²) in [5.74, 6) is 0.685. The van der Waals surface area contributed by atoms with Crippen molar-refractivity contribution in [2.45, 2.75) is 0 Å². The molecule has 0 bridgehead atoms. The van der Waals surface area contributed by atoms with Gasteiger partial charge >= 0.3 is 0 Å². The first-order valence-electron chi connectivity index (χ1n) is 5.48. The summed E-state index contributed by atoms with van der Waals surface area (Å²) in [6.07, 6.45) is 0. The van der Waals surface area contributed by atoms with Crippen LogP contribution in [0.5, 0.6) is 5.75 Å². The molecule has 1 aliphatic rings. The highest BCUT2D eigenvalue weighted by Gasteiger charge is 2.23. The Balaban J connectivity index is 2.12. The number of methoxy groups -OCH3 is 1. The predicted octanol–water partition coefficient (Wildman–Crippen LogP) is 2.86. The molecule has 0 amide bonds. The molecule has 0 fully saturated rings. The molecule has 92 valence electrons. The van der Waals surface area contributed by atoms with Crippen LogP contribution in [0.2, 0.25) is 0 Å². The van der Waals surface area contributed by atoms with E-state index in [2.05, 4.69) is 21.2 Å². The number of hydrogen-bond acceptors (Lipinski definition) is 3. The molecule has 3 rings (SSSR count). The third-order valence-electron chi connectivity index (χ3n) is 2.97. The Bertz CT molecular complexity index is 616. The van der Waals surface area contributed by atoms with Crippen molar-refractivity contribution in [1.82, 2.24) is 0 Å². The van der Waals surface area contributed by atoms with Gasteiger partial charge in [-0.3, -0.25) is 0 Å². The fraction of sp³-hybridized carbons (Fsp3) is 0.0769. The number of halogens is 1. The standard InChI is InChI=1S/C13H11BrN2O2/c1-18-9-3-4-10-13(7-9)16(17)12-5-2-8(14)6-11(12)15-10/h2-7,15-16H,1H3. The molecule has 0 radical (unpaired) electrons. The van der Waals surface area contributed by atoms with E-state index < -0.39 is 0 Å². The van der Waals surface area contributed by atoms with Gasteiger partial charge in [0.15, 0.2) is 11.4 Å². The summed E-state index contributed by atoms with van der Waals surface area (Å²) in [5.41, 5.74) is 2.96. The molecule has 2 aromatic rings. The third-order valence-corrected chi connectivity index (χ3v) is 3.46. The quantitative estimate of drug-likeness (QED) is 0.797. The Morgan fingerprint density at radius 1 is 1.11 bits per heavy atom. The van der Waals surface area contributed by atoms with E-state index in [-0.39, 0.29) is 5.06 Å². The van der Waals surface area contributed by atoms with Crippen LogP contribution in [0.4, 0.5) is 22.7 Å².